The number of amides is 1. The van der Waals surface area contributed by atoms with Crippen LogP contribution in [0, 0.1) is 13.8 Å². The van der Waals surface area contributed by atoms with E-state index in [1.165, 1.54) is 0 Å². The maximum absolute atomic E-state index is 12.6. The van der Waals surface area contributed by atoms with Gasteiger partial charge in [-0.2, -0.15) is 5.10 Å². The molecule has 118 valence electrons. The summed E-state index contributed by atoms with van der Waals surface area (Å²) in [6.45, 7) is 9.08. The van der Waals surface area contributed by atoms with Gasteiger partial charge in [0.2, 0.25) is 0 Å². The van der Waals surface area contributed by atoms with Crippen molar-refractivity contribution in [2.75, 3.05) is 32.9 Å². The van der Waals surface area contributed by atoms with Crippen LogP contribution in [-0.4, -0.2) is 59.6 Å². The fourth-order valence-corrected chi connectivity index (χ4v) is 2.71. The molecule has 1 fully saturated rings. The number of carbonyl (C=O) groups excluding carboxylic acids is 1. The number of rotatable bonds is 6. The van der Waals surface area contributed by atoms with E-state index in [0.29, 0.717) is 26.4 Å². The Morgan fingerprint density at radius 1 is 1.38 bits per heavy atom. The van der Waals surface area contributed by atoms with Gasteiger partial charge < -0.3 is 14.4 Å². The Hall–Kier alpha value is -1.40. The van der Waals surface area contributed by atoms with Crippen molar-refractivity contribution in [3.63, 3.8) is 0 Å². The van der Waals surface area contributed by atoms with Crippen LogP contribution in [0.2, 0.25) is 0 Å². The van der Waals surface area contributed by atoms with E-state index in [-0.39, 0.29) is 12.0 Å². The molecule has 1 aromatic rings. The molecule has 1 atom stereocenters. The largest absolute Gasteiger partial charge is 0.379 e. The third-order valence-electron chi connectivity index (χ3n) is 3.94. The summed E-state index contributed by atoms with van der Waals surface area (Å²) in [7, 11) is 1.86. The number of nitrogens with zero attached hydrogens (tertiary/aromatic N) is 3. The van der Waals surface area contributed by atoms with Crippen LogP contribution in [0.15, 0.2) is 0 Å². The minimum absolute atomic E-state index is 0.0639. The molecule has 1 amide bonds. The molecule has 0 aromatic carbocycles. The number of aryl methyl sites for hydroxylation is 2. The first-order valence-electron chi connectivity index (χ1n) is 7.53. The van der Waals surface area contributed by atoms with Gasteiger partial charge in [-0.3, -0.25) is 9.48 Å². The highest BCUT2D eigenvalue weighted by molar-refractivity contribution is 5.96. The van der Waals surface area contributed by atoms with E-state index in [9.17, 15) is 4.79 Å². The molecule has 1 saturated heterocycles. The van der Waals surface area contributed by atoms with Crippen molar-refractivity contribution < 1.29 is 14.3 Å². The number of aromatic nitrogens is 2. The summed E-state index contributed by atoms with van der Waals surface area (Å²) < 4.78 is 12.8. The molecule has 0 aliphatic carbocycles. The van der Waals surface area contributed by atoms with Gasteiger partial charge in [0, 0.05) is 32.4 Å². The highest BCUT2D eigenvalue weighted by atomic mass is 16.5. The molecule has 0 N–H and O–H groups in total. The minimum atomic E-state index is 0.0639. The van der Waals surface area contributed by atoms with Crippen molar-refractivity contribution in [2.24, 2.45) is 7.05 Å². The normalized spacial score (nSPS) is 18.5. The number of likely N-dealkylation sites (tertiary alicyclic amines) is 1. The summed E-state index contributed by atoms with van der Waals surface area (Å²) >= 11 is 0. The molecule has 6 nitrogen and oxygen atoms in total. The first-order chi connectivity index (χ1) is 10.0. The monoisotopic (exact) mass is 295 g/mol. The van der Waals surface area contributed by atoms with E-state index in [1.807, 2.05) is 32.7 Å². The predicted molar refractivity (Wildman–Crippen MR) is 79.4 cm³/mol. The van der Waals surface area contributed by atoms with Crippen molar-refractivity contribution in [1.82, 2.24) is 14.7 Å². The van der Waals surface area contributed by atoms with Gasteiger partial charge in [0.25, 0.3) is 5.91 Å². The second kappa shape index (κ2) is 7.04. The van der Waals surface area contributed by atoms with Gasteiger partial charge in [0.05, 0.1) is 30.6 Å². The van der Waals surface area contributed by atoms with Crippen LogP contribution in [0.25, 0.3) is 0 Å². The Bertz CT molecular complexity index is 499. The maximum atomic E-state index is 12.6. The first-order valence-corrected chi connectivity index (χ1v) is 7.53. The quantitative estimate of drug-likeness (QED) is 0.742. The van der Waals surface area contributed by atoms with Crippen molar-refractivity contribution >= 4 is 5.91 Å². The zero-order valence-corrected chi connectivity index (χ0v) is 13.4. The topological polar surface area (TPSA) is 56.6 Å². The number of ether oxygens (including phenoxy) is 2. The Balaban J connectivity index is 1.90. The van der Waals surface area contributed by atoms with Crippen LogP contribution < -0.4 is 0 Å². The molecular formula is C15H25N3O3. The van der Waals surface area contributed by atoms with Crippen LogP contribution >= 0.6 is 0 Å². The Morgan fingerprint density at radius 2 is 2.14 bits per heavy atom. The van der Waals surface area contributed by atoms with Crippen LogP contribution in [0.5, 0.6) is 0 Å². The fraction of sp³-hybridized carbons (Fsp3) is 0.733. The molecule has 6 heteroatoms. The lowest BCUT2D eigenvalue weighted by Gasteiger charge is -2.17. The zero-order chi connectivity index (χ0) is 15.4. The Morgan fingerprint density at radius 3 is 2.76 bits per heavy atom. The smallest absolute Gasteiger partial charge is 0.257 e. The third kappa shape index (κ3) is 3.63. The molecule has 2 rings (SSSR count). The lowest BCUT2D eigenvalue weighted by atomic mass is 10.2. The molecule has 2 heterocycles. The summed E-state index contributed by atoms with van der Waals surface area (Å²) in [5.74, 6) is 0.0639. The van der Waals surface area contributed by atoms with Crippen LogP contribution in [-0.2, 0) is 16.5 Å². The summed E-state index contributed by atoms with van der Waals surface area (Å²) in [4.78, 5) is 14.5. The average molecular weight is 295 g/mol. The summed E-state index contributed by atoms with van der Waals surface area (Å²) in [6.07, 6.45) is 1.00. The fourth-order valence-electron chi connectivity index (χ4n) is 2.71. The molecule has 0 saturated carbocycles. The van der Waals surface area contributed by atoms with E-state index < -0.39 is 0 Å². The van der Waals surface area contributed by atoms with Crippen molar-refractivity contribution in [3.05, 3.63) is 17.0 Å². The molecule has 1 aliphatic heterocycles. The molecule has 21 heavy (non-hydrogen) atoms. The number of hydrogen-bond donors (Lipinski definition) is 0. The Labute approximate surface area is 126 Å². The SMILES string of the molecule is CCOCCO[C@H]1CCN(C(=O)c2c(C)nn(C)c2C)C1. The van der Waals surface area contributed by atoms with Crippen molar-refractivity contribution in [2.45, 2.75) is 33.3 Å². The van der Waals surface area contributed by atoms with Gasteiger partial charge in [0.1, 0.15) is 0 Å². The molecule has 1 aliphatic rings. The van der Waals surface area contributed by atoms with E-state index in [0.717, 1.165) is 29.9 Å². The summed E-state index contributed by atoms with van der Waals surface area (Å²) in [5, 5.41) is 4.31. The van der Waals surface area contributed by atoms with E-state index in [4.69, 9.17) is 9.47 Å². The highest BCUT2D eigenvalue weighted by Gasteiger charge is 2.30. The number of hydrogen-bond acceptors (Lipinski definition) is 4. The van der Waals surface area contributed by atoms with Crippen LogP contribution in [0.1, 0.15) is 35.1 Å². The zero-order valence-electron chi connectivity index (χ0n) is 13.4. The average Bonchev–Trinajstić information content (AvgIpc) is 3.01. The van der Waals surface area contributed by atoms with Gasteiger partial charge in [0.15, 0.2) is 0 Å². The van der Waals surface area contributed by atoms with E-state index in [1.54, 1.807) is 4.68 Å². The maximum Gasteiger partial charge on any atom is 0.257 e. The highest BCUT2D eigenvalue weighted by Crippen LogP contribution is 2.20. The number of carbonyl (C=O) groups is 1. The van der Waals surface area contributed by atoms with E-state index in [2.05, 4.69) is 5.10 Å². The summed E-state index contributed by atoms with van der Waals surface area (Å²) in [6, 6.07) is 0. The van der Waals surface area contributed by atoms with E-state index >= 15 is 0 Å². The van der Waals surface area contributed by atoms with Gasteiger partial charge in [-0.15, -0.1) is 0 Å². The minimum Gasteiger partial charge on any atom is -0.379 e. The standard InChI is InChI=1S/C15H25N3O3/c1-5-20-8-9-21-13-6-7-18(10-13)15(19)14-11(2)16-17(4)12(14)3/h13H,5-10H2,1-4H3/t13-/m0/s1. The predicted octanol–water partition coefficient (Wildman–Crippen LogP) is 1.30. The third-order valence-corrected chi connectivity index (χ3v) is 3.94. The molecular weight excluding hydrogens is 270 g/mol. The van der Waals surface area contributed by atoms with Crippen molar-refractivity contribution in [3.8, 4) is 0 Å². The molecule has 0 spiro atoms. The van der Waals surface area contributed by atoms with Crippen LogP contribution in [0.4, 0.5) is 0 Å². The van der Waals surface area contributed by atoms with Gasteiger partial charge in [-0.25, -0.2) is 0 Å². The van der Waals surface area contributed by atoms with Gasteiger partial charge >= 0.3 is 0 Å². The van der Waals surface area contributed by atoms with Gasteiger partial charge in [-0.1, -0.05) is 0 Å². The second-order valence-corrected chi connectivity index (χ2v) is 5.40. The molecule has 1 aromatic heterocycles. The summed E-state index contributed by atoms with van der Waals surface area (Å²) in [5.41, 5.74) is 2.44. The van der Waals surface area contributed by atoms with Crippen LogP contribution in [0.3, 0.4) is 0 Å². The molecule has 0 bridgehead atoms. The van der Waals surface area contributed by atoms with Crippen molar-refractivity contribution in [1.29, 1.82) is 0 Å². The molecule has 0 radical (unpaired) electrons. The lowest BCUT2D eigenvalue weighted by molar-refractivity contribution is 0.0120. The van der Waals surface area contributed by atoms with Gasteiger partial charge in [-0.05, 0) is 27.2 Å². The lowest BCUT2D eigenvalue weighted by Crippen LogP contribution is -2.31. The molecule has 0 unspecified atom stereocenters. The second-order valence-electron chi connectivity index (χ2n) is 5.40. The Kier molecular flexibility index (Phi) is 5.36. The first kappa shape index (κ1) is 16.0.